The van der Waals surface area contributed by atoms with Crippen molar-refractivity contribution in [3.63, 3.8) is 0 Å². The Labute approximate surface area is 89.8 Å². The van der Waals surface area contributed by atoms with Gasteiger partial charge < -0.3 is 10.8 Å². The van der Waals surface area contributed by atoms with Crippen LogP contribution in [-0.2, 0) is 9.59 Å². The highest BCUT2D eigenvalue weighted by Gasteiger charge is 2.27. The molecular formula is C11H19NO3. The molecule has 0 bridgehead atoms. The van der Waals surface area contributed by atoms with Crippen LogP contribution in [0.2, 0.25) is 0 Å². The zero-order chi connectivity index (χ0) is 11.3. The van der Waals surface area contributed by atoms with E-state index in [-0.39, 0.29) is 18.2 Å². The van der Waals surface area contributed by atoms with Gasteiger partial charge in [0.1, 0.15) is 0 Å². The van der Waals surface area contributed by atoms with Crippen molar-refractivity contribution >= 4 is 11.9 Å². The van der Waals surface area contributed by atoms with Gasteiger partial charge in [0.05, 0.1) is 0 Å². The van der Waals surface area contributed by atoms with Crippen molar-refractivity contribution in [2.75, 3.05) is 0 Å². The average molecular weight is 213 g/mol. The molecule has 0 spiro atoms. The number of nitrogens with two attached hydrogens (primary N) is 1. The molecule has 1 amide bonds. The molecule has 4 nitrogen and oxygen atoms in total. The quantitative estimate of drug-likeness (QED) is 0.726. The molecule has 15 heavy (non-hydrogen) atoms. The molecule has 1 aliphatic rings. The number of carboxylic acid groups (broad SMARTS) is 1. The minimum atomic E-state index is -0.850. The number of hydrogen-bond acceptors (Lipinski definition) is 2. The minimum Gasteiger partial charge on any atom is -0.481 e. The van der Waals surface area contributed by atoms with Gasteiger partial charge in [-0.05, 0) is 25.2 Å². The molecule has 1 rings (SSSR count). The molecule has 1 unspecified atom stereocenters. The molecule has 0 saturated heterocycles. The van der Waals surface area contributed by atoms with Crippen molar-refractivity contribution in [3.8, 4) is 0 Å². The van der Waals surface area contributed by atoms with E-state index in [0.717, 1.165) is 25.7 Å². The minimum absolute atomic E-state index is 0.0457. The fourth-order valence-corrected chi connectivity index (χ4v) is 2.43. The Hall–Kier alpha value is -1.06. The van der Waals surface area contributed by atoms with E-state index < -0.39 is 5.97 Å². The third-order valence-electron chi connectivity index (χ3n) is 3.25. The van der Waals surface area contributed by atoms with Gasteiger partial charge in [-0.15, -0.1) is 0 Å². The number of carbonyl (C=O) groups is 2. The maximum Gasteiger partial charge on any atom is 0.303 e. The van der Waals surface area contributed by atoms with Crippen molar-refractivity contribution in [2.45, 2.75) is 44.9 Å². The van der Waals surface area contributed by atoms with Gasteiger partial charge in [0.15, 0.2) is 0 Å². The lowest BCUT2D eigenvalue weighted by atomic mass is 9.78. The number of amides is 1. The summed E-state index contributed by atoms with van der Waals surface area (Å²) in [5.74, 6) is -1.10. The predicted octanol–water partition coefficient (Wildman–Crippen LogP) is 1.53. The van der Waals surface area contributed by atoms with Gasteiger partial charge in [-0.3, -0.25) is 9.59 Å². The van der Waals surface area contributed by atoms with Crippen molar-refractivity contribution in [2.24, 2.45) is 17.6 Å². The zero-order valence-electron chi connectivity index (χ0n) is 8.95. The highest BCUT2D eigenvalue weighted by atomic mass is 16.4. The van der Waals surface area contributed by atoms with Crippen LogP contribution in [-0.4, -0.2) is 17.0 Å². The molecule has 0 radical (unpaired) electrons. The van der Waals surface area contributed by atoms with Gasteiger partial charge in [-0.1, -0.05) is 19.3 Å². The summed E-state index contributed by atoms with van der Waals surface area (Å²) in [4.78, 5) is 21.7. The lowest BCUT2D eigenvalue weighted by Crippen LogP contribution is -2.31. The smallest absolute Gasteiger partial charge is 0.303 e. The fourth-order valence-electron chi connectivity index (χ4n) is 2.43. The normalized spacial score (nSPS) is 19.7. The first-order valence-corrected chi connectivity index (χ1v) is 5.62. The topological polar surface area (TPSA) is 80.4 Å². The summed E-state index contributed by atoms with van der Waals surface area (Å²) in [6, 6.07) is 0. The van der Waals surface area contributed by atoms with E-state index >= 15 is 0 Å². The molecule has 4 heteroatoms. The zero-order valence-corrected chi connectivity index (χ0v) is 8.95. The molecule has 1 fully saturated rings. The maximum atomic E-state index is 11.2. The van der Waals surface area contributed by atoms with Crippen molar-refractivity contribution in [3.05, 3.63) is 0 Å². The van der Waals surface area contributed by atoms with Crippen molar-refractivity contribution in [1.82, 2.24) is 0 Å². The first kappa shape index (κ1) is 12.0. The summed E-state index contributed by atoms with van der Waals surface area (Å²) in [6.07, 6.45) is 5.99. The summed E-state index contributed by atoms with van der Waals surface area (Å²) in [6.45, 7) is 0. The van der Waals surface area contributed by atoms with E-state index in [1.165, 1.54) is 6.42 Å². The van der Waals surface area contributed by atoms with Crippen molar-refractivity contribution < 1.29 is 14.7 Å². The number of carbonyl (C=O) groups excluding carboxylic acids is 1. The van der Waals surface area contributed by atoms with Crippen LogP contribution in [0.1, 0.15) is 44.9 Å². The first-order chi connectivity index (χ1) is 7.11. The van der Waals surface area contributed by atoms with Gasteiger partial charge in [0.2, 0.25) is 5.91 Å². The third-order valence-corrected chi connectivity index (χ3v) is 3.25. The summed E-state index contributed by atoms with van der Waals surface area (Å²) < 4.78 is 0. The molecule has 1 atom stereocenters. The largest absolute Gasteiger partial charge is 0.481 e. The number of aliphatic carboxylic acids is 1. The van der Waals surface area contributed by atoms with Crippen LogP contribution in [0.3, 0.4) is 0 Å². The Morgan fingerprint density at radius 2 is 1.87 bits per heavy atom. The summed E-state index contributed by atoms with van der Waals surface area (Å²) in [7, 11) is 0. The van der Waals surface area contributed by atoms with Gasteiger partial charge >= 0.3 is 5.97 Å². The van der Waals surface area contributed by atoms with Gasteiger partial charge in [0.25, 0.3) is 0 Å². The molecular weight excluding hydrogens is 194 g/mol. The second-order valence-electron chi connectivity index (χ2n) is 4.34. The molecule has 3 N–H and O–H groups in total. The van der Waals surface area contributed by atoms with E-state index in [4.69, 9.17) is 10.8 Å². The number of primary amides is 1. The van der Waals surface area contributed by atoms with E-state index in [1.54, 1.807) is 0 Å². The maximum absolute atomic E-state index is 11.2. The van der Waals surface area contributed by atoms with Crippen LogP contribution >= 0.6 is 0 Å². The molecule has 0 aromatic carbocycles. The second-order valence-corrected chi connectivity index (χ2v) is 4.34. The Kier molecular flexibility index (Phi) is 4.59. The lowest BCUT2D eigenvalue weighted by molar-refractivity contribution is -0.137. The Bertz CT molecular complexity index is 234. The summed E-state index contributed by atoms with van der Waals surface area (Å²) >= 11 is 0. The predicted molar refractivity (Wildman–Crippen MR) is 56.1 cm³/mol. The number of carboxylic acids is 1. The Morgan fingerprint density at radius 1 is 1.27 bits per heavy atom. The van der Waals surface area contributed by atoms with Crippen LogP contribution in [0.4, 0.5) is 0 Å². The first-order valence-electron chi connectivity index (χ1n) is 5.62. The van der Waals surface area contributed by atoms with Gasteiger partial charge in [0, 0.05) is 12.3 Å². The van der Waals surface area contributed by atoms with Crippen LogP contribution in [0.25, 0.3) is 0 Å². The standard InChI is InChI=1S/C11H19NO3/c12-11(15)9(6-7-10(13)14)8-4-2-1-3-5-8/h8-9H,1-7H2,(H2,12,15)(H,13,14). The highest BCUT2D eigenvalue weighted by Crippen LogP contribution is 2.32. The van der Waals surface area contributed by atoms with E-state index in [0.29, 0.717) is 12.3 Å². The average Bonchev–Trinajstić information content (AvgIpc) is 2.18. The van der Waals surface area contributed by atoms with Crippen molar-refractivity contribution in [1.29, 1.82) is 0 Å². The van der Waals surface area contributed by atoms with Crippen LogP contribution in [0.15, 0.2) is 0 Å². The highest BCUT2D eigenvalue weighted by molar-refractivity contribution is 5.77. The van der Waals surface area contributed by atoms with E-state index in [1.807, 2.05) is 0 Å². The lowest BCUT2D eigenvalue weighted by Gasteiger charge is -2.27. The molecule has 86 valence electrons. The summed E-state index contributed by atoms with van der Waals surface area (Å²) in [5, 5.41) is 8.59. The summed E-state index contributed by atoms with van der Waals surface area (Å²) in [5.41, 5.74) is 5.32. The second kappa shape index (κ2) is 5.73. The molecule has 0 aromatic rings. The molecule has 1 saturated carbocycles. The van der Waals surface area contributed by atoms with Crippen LogP contribution in [0, 0.1) is 11.8 Å². The molecule has 0 aromatic heterocycles. The number of hydrogen-bond donors (Lipinski definition) is 2. The fraction of sp³-hybridized carbons (Fsp3) is 0.818. The van der Waals surface area contributed by atoms with Gasteiger partial charge in [-0.25, -0.2) is 0 Å². The molecule has 0 heterocycles. The van der Waals surface area contributed by atoms with E-state index in [9.17, 15) is 9.59 Å². The van der Waals surface area contributed by atoms with E-state index in [2.05, 4.69) is 0 Å². The van der Waals surface area contributed by atoms with Gasteiger partial charge in [-0.2, -0.15) is 0 Å². The molecule has 0 aliphatic heterocycles. The Balaban J connectivity index is 2.48. The number of rotatable bonds is 5. The third kappa shape index (κ3) is 3.90. The monoisotopic (exact) mass is 213 g/mol. The Morgan fingerprint density at radius 3 is 2.33 bits per heavy atom. The molecule has 1 aliphatic carbocycles. The van der Waals surface area contributed by atoms with Crippen LogP contribution < -0.4 is 5.73 Å². The SMILES string of the molecule is NC(=O)C(CCC(=O)O)C1CCCCC1. The van der Waals surface area contributed by atoms with Crippen LogP contribution in [0.5, 0.6) is 0 Å².